The molecule has 1 saturated heterocycles. The van der Waals surface area contributed by atoms with Gasteiger partial charge in [0.2, 0.25) is 5.91 Å². The van der Waals surface area contributed by atoms with Crippen molar-refractivity contribution in [2.45, 2.75) is 378 Å². The maximum atomic E-state index is 13.0. The number of nitrogens with one attached hydrogen (secondary N) is 1. The molecule has 0 aromatic carbocycles. The number of carbonyl (C=O) groups is 2. The molecule has 0 aromatic heterocycles. The summed E-state index contributed by atoms with van der Waals surface area (Å²) in [5.41, 5.74) is 0. The Morgan fingerprint density at radius 1 is 0.434 bits per heavy atom. The van der Waals surface area contributed by atoms with Crippen molar-refractivity contribution < 1.29 is 49.3 Å². The van der Waals surface area contributed by atoms with Crippen LogP contribution in [-0.4, -0.2) is 100 Å². The molecule has 1 heterocycles. The second-order valence-electron chi connectivity index (χ2n) is 24.6. The number of carbonyl (C=O) groups excluding carboxylic acids is 2. The number of hydrogen-bond donors (Lipinski definition) is 6. The molecule has 0 aromatic rings. The predicted octanol–water partition coefficient (Wildman–Crippen LogP) is 18.0. The molecule has 0 bridgehead atoms. The van der Waals surface area contributed by atoms with Gasteiger partial charge in [0.15, 0.2) is 6.29 Å². The van der Waals surface area contributed by atoms with Gasteiger partial charge in [0, 0.05) is 12.8 Å². The minimum Gasteiger partial charge on any atom is -0.466 e. The van der Waals surface area contributed by atoms with E-state index < -0.39 is 49.5 Å². The lowest BCUT2D eigenvalue weighted by Gasteiger charge is -2.40. The Balaban J connectivity index is 1.96. The summed E-state index contributed by atoms with van der Waals surface area (Å²) in [7, 11) is 0. The summed E-state index contributed by atoms with van der Waals surface area (Å²) in [4.78, 5) is 25.1. The average Bonchev–Trinajstić information content (AvgIpc) is 3.55. The van der Waals surface area contributed by atoms with Crippen molar-refractivity contribution in [3.63, 3.8) is 0 Å². The maximum absolute atomic E-state index is 13.0. The molecule has 486 valence electrons. The van der Waals surface area contributed by atoms with Gasteiger partial charge >= 0.3 is 5.97 Å². The standard InChI is InChI=1S/C72H133NO10/c1-3-5-7-9-11-13-15-39-42-46-50-54-58-65(75)64(63-82-72-71(80)70(79)69(78)66(62-74)83-72)73-67(76)59-55-51-47-43-40-36-34-32-30-28-26-24-22-20-18-16-17-19-21-23-25-27-29-31-33-35-37-41-45-49-53-57-61-81-68(77)60-56-52-48-44-38-14-12-10-8-6-4-2/h9,11,19,21,39,42,54,58,64-66,69-72,74-75,78-80H,3-8,10,12-18,20,22-38,40-41,43-53,55-57,59-63H2,1-2H3,(H,73,76)/b11-9+,21-19-,42-39+,58-54+. The minimum atomic E-state index is -1.58. The lowest BCUT2D eigenvalue weighted by atomic mass is 9.99. The molecular weight excluding hydrogens is 1040 g/mol. The highest BCUT2D eigenvalue weighted by Gasteiger charge is 2.44. The molecule has 6 N–H and O–H groups in total. The second kappa shape index (κ2) is 61.3. The van der Waals surface area contributed by atoms with Crippen molar-refractivity contribution in [1.82, 2.24) is 5.32 Å². The number of amides is 1. The van der Waals surface area contributed by atoms with Crippen LogP contribution in [0, 0.1) is 0 Å². The van der Waals surface area contributed by atoms with Crippen molar-refractivity contribution in [3.05, 3.63) is 48.6 Å². The van der Waals surface area contributed by atoms with Gasteiger partial charge in [-0.25, -0.2) is 0 Å². The highest BCUT2D eigenvalue weighted by atomic mass is 16.7. The molecule has 1 amide bonds. The van der Waals surface area contributed by atoms with E-state index in [1.807, 2.05) is 6.08 Å². The first-order valence-electron chi connectivity index (χ1n) is 35.4. The highest BCUT2D eigenvalue weighted by molar-refractivity contribution is 5.76. The van der Waals surface area contributed by atoms with Crippen LogP contribution >= 0.6 is 0 Å². The highest BCUT2D eigenvalue weighted by Crippen LogP contribution is 2.23. The molecule has 7 atom stereocenters. The number of rotatable bonds is 62. The largest absolute Gasteiger partial charge is 0.466 e. The van der Waals surface area contributed by atoms with Crippen LogP contribution in [0.2, 0.25) is 0 Å². The fourth-order valence-corrected chi connectivity index (χ4v) is 11.0. The van der Waals surface area contributed by atoms with E-state index in [9.17, 15) is 35.1 Å². The van der Waals surface area contributed by atoms with Crippen LogP contribution in [0.25, 0.3) is 0 Å². The zero-order valence-electron chi connectivity index (χ0n) is 53.9. The third-order valence-corrected chi connectivity index (χ3v) is 16.6. The van der Waals surface area contributed by atoms with Gasteiger partial charge in [-0.3, -0.25) is 9.59 Å². The van der Waals surface area contributed by atoms with Gasteiger partial charge in [0.05, 0.1) is 32.0 Å². The molecule has 83 heavy (non-hydrogen) atoms. The number of esters is 1. The fourth-order valence-electron chi connectivity index (χ4n) is 11.0. The number of hydrogen-bond acceptors (Lipinski definition) is 10. The summed E-state index contributed by atoms with van der Waals surface area (Å²) in [6.45, 7) is 4.30. The summed E-state index contributed by atoms with van der Waals surface area (Å²) >= 11 is 0. The Bertz CT molecular complexity index is 1520. The van der Waals surface area contributed by atoms with Crippen LogP contribution in [-0.2, 0) is 23.8 Å². The van der Waals surface area contributed by atoms with Crippen molar-refractivity contribution in [2.24, 2.45) is 0 Å². The molecular formula is C72H133NO10. The quantitative estimate of drug-likeness (QED) is 0.0195. The van der Waals surface area contributed by atoms with Crippen LogP contribution in [0.1, 0.15) is 335 Å². The van der Waals surface area contributed by atoms with Crippen molar-refractivity contribution >= 4 is 11.9 Å². The molecule has 0 aliphatic carbocycles. The maximum Gasteiger partial charge on any atom is 0.305 e. The number of aliphatic hydroxyl groups is 5. The number of unbranched alkanes of at least 4 members (excludes halogenated alkanes) is 42. The monoisotopic (exact) mass is 1170 g/mol. The Labute approximate surface area is 510 Å². The molecule has 1 aliphatic rings. The van der Waals surface area contributed by atoms with Crippen molar-refractivity contribution in [1.29, 1.82) is 0 Å². The predicted molar refractivity (Wildman–Crippen MR) is 347 cm³/mol. The van der Waals surface area contributed by atoms with Crippen LogP contribution < -0.4 is 5.32 Å². The van der Waals surface area contributed by atoms with Gasteiger partial charge in [0.1, 0.15) is 24.4 Å². The van der Waals surface area contributed by atoms with E-state index in [1.54, 1.807) is 6.08 Å². The fraction of sp³-hybridized carbons (Fsp3) is 0.861. The van der Waals surface area contributed by atoms with Gasteiger partial charge in [-0.15, -0.1) is 0 Å². The van der Waals surface area contributed by atoms with Gasteiger partial charge in [-0.05, 0) is 77.0 Å². The lowest BCUT2D eigenvalue weighted by molar-refractivity contribution is -0.302. The number of ether oxygens (including phenoxy) is 3. The third-order valence-electron chi connectivity index (χ3n) is 16.6. The minimum absolute atomic E-state index is 0.00993. The molecule has 1 aliphatic heterocycles. The summed E-state index contributed by atoms with van der Waals surface area (Å²) in [6.07, 6.45) is 69.7. The SMILES string of the molecule is CCCC/C=C/CC/C=C/CC/C=C/C(O)C(COC1OC(CO)C(O)C(O)C1O)NC(=O)CCCCCCCCCCCCCCCCCC/C=C\CCCCCCCCCCCCCCOC(=O)CCCCCCCCCCCCC. The van der Waals surface area contributed by atoms with Crippen LogP contribution in [0.3, 0.4) is 0 Å². The number of aliphatic hydroxyl groups excluding tert-OH is 5. The van der Waals surface area contributed by atoms with Crippen LogP contribution in [0.4, 0.5) is 0 Å². The van der Waals surface area contributed by atoms with E-state index in [0.29, 0.717) is 19.4 Å². The Morgan fingerprint density at radius 3 is 1.23 bits per heavy atom. The van der Waals surface area contributed by atoms with E-state index in [0.717, 1.165) is 64.2 Å². The lowest BCUT2D eigenvalue weighted by Crippen LogP contribution is -2.60. The smallest absolute Gasteiger partial charge is 0.305 e. The van der Waals surface area contributed by atoms with Crippen molar-refractivity contribution in [2.75, 3.05) is 19.8 Å². The third kappa shape index (κ3) is 50.3. The molecule has 0 saturated carbocycles. The second-order valence-corrected chi connectivity index (χ2v) is 24.6. The van der Waals surface area contributed by atoms with Gasteiger partial charge in [0.25, 0.3) is 0 Å². The Morgan fingerprint density at radius 2 is 0.795 bits per heavy atom. The Hall–Kier alpha value is -2.38. The van der Waals surface area contributed by atoms with E-state index >= 15 is 0 Å². The van der Waals surface area contributed by atoms with E-state index in [4.69, 9.17) is 14.2 Å². The molecule has 0 spiro atoms. The average molecular weight is 1170 g/mol. The molecule has 0 radical (unpaired) electrons. The first-order chi connectivity index (χ1) is 40.7. The molecule has 1 rings (SSSR count). The van der Waals surface area contributed by atoms with E-state index in [2.05, 4.69) is 55.6 Å². The number of allylic oxidation sites excluding steroid dienone is 7. The molecule has 11 heteroatoms. The van der Waals surface area contributed by atoms with Crippen LogP contribution in [0.5, 0.6) is 0 Å². The first-order valence-corrected chi connectivity index (χ1v) is 35.4. The zero-order chi connectivity index (χ0) is 60.2. The first kappa shape index (κ1) is 78.6. The topological polar surface area (TPSA) is 175 Å². The van der Waals surface area contributed by atoms with E-state index in [1.165, 1.54) is 244 Å². The van der Waals surface area contributed by atoms with Crippen molar-refractivity contribution in [3.8, 4) is 0 Å². The Kier molecular flexibility index (Phi) is 58.0. The van der Waals surface area contributed by atoms with Crippen LogP contribution in [0.15, 0.2) is 48.6 Å². The molecule has 11 nitrogen and oxygen atoms in total. The summed E-state index contributed by atoms with van der Waals surface area (Å²) in [6, 6.07) is -0.833. The van der Waals surface area contributed by atoms with Gasteiger partial charge in [-0.1, -0.05) is 294 Å². The molecule has 7 unspecified atom stereocenters. The zero-order valence-corrected chi connectivity index (χ0v) is 53.9. The van der Waals surface area contributed by atoms with E-state index in [-0.39, 0.29) is 18.5 Å². The summed E-state index contributed by atoms with van der Waals surface area (Å²) in [5.74, 6) is -0.184. The summed E-state index contributed by atoms with van der Waals surface area (Å²) in [5, 5.41) is 54.4. The summed E-state index contributed by atoms with van der Waals surface area (Å²) < 4.78 is 16.7. The van der Waals surface area contributed by atoms with Gasteiger partial charge < -0.3 is 45.1 Å². The normalized spacial score (nSPS) is 18.4. The van der Waals surface area contributed by atoms with Gasteiger partial charge in [-0.2, -0.15) is 0 Å². The molecule has 1 fully saturated rings.